The second kappa shape index (κ2) is 9.38. The summed E-state index contributed by atoms with van der Waals surface area (Å²) in [6.07, 6.45) is -2.31. The van der Waals surface area contributed by atoms with Crippen LogP contribution < -0.4 is 23.7 Å². The molecular formula is C20H26O8. The summed E-state index contributed by atoms with van der Waals surface area (Å²) < 4.78 is 27.2. The Bertz CT molecular complexity index is 755. The molecule has 8 heteroatoms. The van der Waals surface area contributed by atoms with Crippen molar-refractivity contribution >= 4 is 0 Å². The van der Waals surface area contributed by atoms with Crippen LogP contribution in [0.4, 0.5) is 0 Å². The number of phenolic OH excluding ortho intramolecular Hbond substituents is 1. The van der Waals surface area contributed by atoms with E-state index in [1.54, 1.807) is 12.1 Å². The first-order valence-electron chi connectivity index (χ1n) is 8.53. The van der Waals surface area contributed by atoms with Crippen molar-refractivity contribution in [3.8, 4) is 34.5 Å². The highest BCUT2D eigenvalue weighted by atomic mass is 16.6. The molecule has 2 aromatic carbocycles. The Morgan fingerprint density at radius 1 is 0.821 bits per heavy atom. The first-order valence-corrected chi connectivity index (χ1v) is 8.53. The van der Waals surface area contributed by atoms with Gasteiger partial charge in [-0.15, -0.1) is 0 Å². The Kier molecular flexibility index (Phi) is 7.19. The number of methoxy groups -OCH3 is 4. The van der Waals surface area contributed by atoms with Crippen LogP contribution >= 0.6 is 0 Å². The van der Waals surface area contributed by atoms with E-state index in [4.69, 9.17) is 23.7 Å². The zero-order valence-electron chi connectivity index (χ0n) is 16.6. The van der Waals surface area contributed by atoms with Crippen molar-refractivity contribution in [3.63, 3.8) is 0 Å². The molecule has 8 nitrogen and oxygen atoms in total. The summed E-state index contributed by atoms with van der Waals surface area (Å²) in [7, 11) is 5.77. The Morgan fingerprint density at radius 3 is 1.68 bits per heavy atom. The fourth-order valence-corrected chi connectivity index (χ4v) is 2.80. The number of aryl methyl sites for hydroxylation is 1. The highest BCUT2D eigenvalue weighted by Gasteiger charge is 2.28. The molecule has 2 aromatic rings. The van der Waals surface area contributed by atoms with E-state index < -0.39 is 18.8 Å². The highest BCUT2D eigenvalue weighted by Crippen LogP contribution is 2.44. The van der Waals surface area contributed by atoms with Crippen molar-refractivity contribution in [2.24, 2.45) is 0 Å². The van der Waals surface area contributed by atoms with E-state index in [2.05, 4.69) is 0 Å². The summed E-state index contributed by atoms with van der Waals surface area (Å²) in [5.74, 6) is 1.16. The van der Waals surface area contributed by atoms with Gasteiger partial charge in [0.1, 0.15) is 6.10 Å². The fraction of sp³-hybridized carbons (Fsp3) is 0.400. The van der Waals surface area contributed by atoms with Crippen LogP contribution in [0, 0.1) is 6.92 Å². The van der Waals surface area contributed by atoms with E-state index in [9.17, 15) is 15.3 Å². The number of hydrogen-bond donors (Lipinski definition) is 3. The maximum Gasteiger partial charge on any atom is 0.204 e. The van der Waals surface area contributed by atoms with E-state index in [1.807, 2.05) is 6.92 Å². The van der Waals surface area contributed by atoms with Crippen molar-refractivity contribution in [2.75, 3.05) is 35.0 Å². The number of phenols is 1. The fourth-order valence-electron chi connectivity index (χ4n) is 2.80. The minimum Gasteiger partial charge on any atom is -0.502 e. The third kappa shape index (κ3) is 4.35. The highest BCUT2D eigenvalue weighted by molar-refractivity contribution is 5.56. The molecule has 2 atom stereocenters. The van der Waals surface area contributed by atoms with E-state index in [1.165, 1.54) is 40.6 Å². The van der Waals surface area contributed by atoms with Crippen LogP contribution in [0.2, 0.25) is 0 Å². The Morgan fingerprint density at radius 2 is 1.29 bits per heavy atom. The van der Waals surface area contributed by atoms with E-state index >= 15 is 0 Å². The molecule has 0 aromatic heterocycles. The second-order valence-electron chi connectivity index (χ2n) is 6.06. The van der Waals surface area contributed by atoms with Crippen LogP contribution in [-0.4, -0.2) is 56.5 Å². The van der Waals surface area contributed by atoms with E-state index in [0.29, 0.717) is 17.1 Å². The van der Waals surface area contributed by atoms with Gasteiger partial charge in [-0.3, -0.25) is 0 Å². The normalized spacial score (nSPS) is 12.8. The minimum atomic E-state index is -1.28. The largest absolute Gasteiger partial charge is 0.502 e. The average molecular weight is 394 g/mol. The van der Waals surface area contributed by atoms with Crippen molar-refractivity contribution in [1.82, 2.24) is 0 Å². The second-order valence-corrected chi connectivity index (χ2v) is 6.06. The minimum absolute atomic E-state index is 0.135. The van der Waals surface area contributed by atoms with Gasteiger partial charge in [0.2, 0.25) is 11.5 Å². The number of aliphatic hydroxyl groups excluding tert-OH is 2. The average Bonchev–Trinajstić information content (AvgIpc) is 2.71. The summed E-state index contributed by atoms with van der Waals surface area (Å²) in [4.78, 5) is 0. The Hall–Kier alpha value is -2.84. The summed E-state index contributed by atoms with van der Waals surface area (Å²) in [6.45, 7) is 1.32. The van der Waals surface area contributed by atoms with E-state index in [-0.39, 0.29) is 23.0 Å². The molecule has 2 unspecified atom stereocenters. The third-order valence-corrected chi connectivity index (χ3v) is 4.22. The van der Waals surface area contributed by atoms with Gasteiger partial charge in [0.05, 0.1) is 35.0 Å². The molecule has 0 saturated carbocycles. The summed E-state index contributed by atoms with van der Waals surface area (Å²) >= 11 is 0. The van der Waals surface area contributed by atoms with Gasteiger partial charge in [0.15, 0.2) is 29.1 Å². The lowest BCUT2D eigenvalue weighted by molar-refractivity contribution is -0.00406. The molecule has 0 bridgehead atoms. The zero-order valence-corrected chi connectivity index (χ0v) is 16.6. The van der Waals surface area contributed by atoms with Crippen molar-refractivity contribution in [2.45, 2.75) is 19.1 Å². The van der Waals surface area contributed by atoms with Gasteiger partial charge in [-0.2, -0.15) is 0 Å². The molecule has 2 rings (SSSR count). The van der Waals surface area contributed by atoms with Gasteiger partial charge in [-0.05, 0) is 36.8 Å². The Labute approximate surface area is 163 Å². The lowest BCUT2D eigenvalue weighted by atomic mass is 10.0. The van der Waals surface area contributed by atoms with Crippen LogP contribution in [-0.2, 0) is 0 Å². The summed E-state index contributed by atoms with van der Waals surface area (Å²) in [5, 5.41) is 30.1. The van der Waals surface area contributed by atoms with E-state index in [0.717, 1.165) is 5.56 Å². The van der Waals surface area contributed by atoms with Gasteiger partial charge in [-0.1, -0.05) is 0 Å². The number of rotatable bonds is 9. The predicted octanol–water partition coefficient (Wildman–Crippen LogP) is 2.21. The quantitative estimate of drug-likeness (QED) is 0.594. The number of aliphatic hydroxyl groups is 2. The van der Waals surface area contributed by atoms with Crippen LogP contribution in [0.15, 0.2) is 24.3 Å². The molecule has 0 fully saturated rings. The molecule has 3 N–H and O–H groups in total. The monoisotopic (exact) mass is 394 g/mol. The zero-order chi connectivity index (χ0) is 20.8. The SMILES string of the molecule is COc1cc(C(Oc2c(OC)cc(C)cc2OC)C(O)CO)cc(OC)c1O. The molecular weight excluding hydrogens is 368 g/mol. The smallest absolute Gasteiger partial charge is 0.204 e. The number of aromatic hydroxyl groups is 1. The maximum atomic E-state index is 10.4. The molecule has 0 aliphatic rings. The predicted molar refractivity (Wildman–Crippen MR) is 102 cm³/mol. The molecule has 154 valence electrons. The molecule has 0 spiro atoms. The van der Waals surface area contributed by atoms with Gasteiger partial charge in [-0.25, -0.2) is 0 Å². The molecule has 0 aliphatic carbocycles. The lowest BCUT2D eigenvalue weighted by Crippen LogP contribution is -2.27. The van der Waals surface area contributed by atoms with Crippen molar-refractivity contribution in [3.05, 3.63) is 35.4 Å². The lowest BCUT2D eigenvalue weighted by Gasteiger charge is -2.26. The van der Waals surface area contributed by atoms with Crippen LogP contribution in [0.1, 0.15) is 17.2 Å². The molecule has 0 amide bonds. The van der Waals surface area contributed by atoms with Crippen molar-refractivity contribution in [1.29, 1.82) is 0 Å². The van der Waals surface area contributed by atoms with Crippen LogP contribution in [0.5, 0.6) is 34.5 Å². The standard InChI is InChI=1S/C20H26O8/c1-11-6-16(26-4)20(17(7-11)27-5)28-19(13(22)10-21)12-8-14(24-2)18(23)15(9-12)25-3/h6-9,13,19,21-23H,10H2,1-5H3. The van der Waals surface area contributed by atoms with Gasteiger partial charge in [0.25, 0.3) is 0 Å². The summed E-state index contributed by atoms with van der Waals surface area (Å²) in [5.41, 5.74) is 1.31. The molecule has 0 radical (unpaired) electrons. The maximum absolute atomic E-state index is 10.4. The number of ether oxygens (including phenoxy) is 5. The third-order valence-electron chi connectivity index (χ3n) is 4.22. The molecule has 0 aliphatic heterocycles. The van der Waals surface area contributed by atoms with Gasteiger partial charge < -0.3 is 39.0 Å². The first-order chi connectivity index (χ1) is 13.4. The first kappa shape index (κ1) is 21.5. The number of benzene rings is 2. The topological polar surface area (TPSA) is 107 Å². The number of hydrogen-bond acceptors (Lipinski definition) is 8. The molecule has 0 heterocycles. The summed E-state index contributed by atoms with van der Waals surface area (Å²) in [6, 6.07) is 6.51. The van der Waals surface area contributed by atoms with Gasteiger partial charge in [0, 0.05) is 5.56 Å². The van der Waals surface area contributed by atoms with Crippen LogP contribution in [0.3, 0.4) is 0 Å². The van der Waals surface area contributed by atoms with Crippen LogP contribution in [0.25, 0.3) is 0 Å². The molecule has 28 heavy (non-hydrogen) atoms. The van der Waals surface area contributed by atoms with Gasteiger partial charge >= 0.3 is 0 Å². The molecule has 0 saturated heterocycles. The Balaban J connectivity index is 2.59. The van der Waals surface area contributed by atoms with Crippen molar-refractivity contribution < 1.29 is 39.0 Å².